The third kappa shape index (κ3) is 5.08. The first-order valence-corrected chi connectivity index (χ1v) is 8.20. The number of nitrogens with zero attached hydrogens (tertiary/aromatic N) is 4. The van der Waals surface area contributed by atoms with Gasteiger partial charge >= 0.3 is 11.9 Å². The summed E-state index contributed by atoms with van der Waals surface area (Å²) < 4.78 is 11.5. The van der Waals surface area contributed by atoms with Gasteiger partial charge in [-0.3, -0.25) is 4.57 Å². The average molecular weight is 430 g/mol. The molecule has 0 fully saturated rings. The van der Waals surface area contributed by atoms with Crippen LogP contribution < -0.4 is 5.73 Å². The van der Waals surface area contributed by atoms with E-state index in [4.69, 9.17) is 43.4 Å². The van der Waals surface area contributed by atoms with E-state index in [1.807, 2.05) is 5.92 Å². The van der Waals surface area contributed by atoms with Crippen LogP contribution in [-0.4, -0.2) is 83.4 Å². The first-order chi connectivity index (χ1) is 13.7. The molecule has 0 aliphatic carbocycles. The number of carboxylic acid groups (broad SMARTS) is 2. The number of nitrogens with two attached hydrogens (primary N) is 1. The number of hydrogen-bond donors (Lipinski definition) is 5. The highest BCUT2D eigenvalue weighted by atomic mass is 35.5. The van der Waals surface area contributed by atoms with Crippen LogP contribution in [0.4, 0.5) is 5.82 Å². The maximum atomic E-state index is 10.9. The van der Waals surface area contributed by atoms with E-state index in [-0.39, 0.29) is 22.3 Å². The summed E-state index contributed by atoms with van der Waals surface area (Å²) in [5.41, 5.74) is 5.92. The number of aliphatic hydroxyl groups is 2. The van der Waals surface area contributed by atoms with E-state index in [9.17, 15) is 19.8 Å². The van der Waals surface area contributed by atoms with Crippen molar-refractivity contribution in [2.75, 3.05) is 18.9 Å². The number of halogens is 1. The summed E-state index contributed by atoms with van der Waals surface area (Å²) >= 11 is 5.79. The molecular formula is C15H16ClN5O8. The monoisotopic (exact) mass is 429 g/mol. The summed E-state index contributed by atoms with van der Waals surface area (Å²) in [5.74, 6) is -1.48. The van der Waals surface area contributed by atoms with Gasteiger partial charge in [-0.25, -0.2) is 14.6 Å². The van der Waals surface area contributed by atoms with Crippen molar-refractivity contribution >= 4 is 40.5 Å². The summed E-state index contributed by atoms with van der Waals surface area (Å²) in [7, 11) is 0. The Labute approximate surface area is 167 Å². The van der Waals surface area contributed by atoms with Crippen molar-refractivity contribution in [3.8, 4) is 12.3 Å². The number of nitrogen functional groups attached to an aromatic ring is 1. The number of hydrogen-bond acceptors (Lipinski definition) is 10. The van der Waals surface area contributed by atoms with Gasteiger partial charge in [0.05, 0.1) is 19.5 Å². The first kappa shape index (κ1) is 22.3. The molecule has 13 nitrogen and oxygen atoms in total. The van der Waals surface area contributed by atoms with Crippen LogP contribution in [0.15, 0.2) is 6.33 Å². The van der Waals surface area contributed by atoms with Crippen molar-refractivity contribution in [3.05, 3.63) is 11.6 Å². The largest absolute Gasteiger partial charge is 0.479 e. The standard InChI is InChI=1S/C15H16ClN5O8/c1-2-7(23)12(21-5-18-8-10(17)19-15(16)20-11(8)21)29-6(3-22)4-28-9(13(24)25)14(26)27/h1,5-7,9,12,22-23H,3-4H2,(H,24,25)(H,26,27)(H2,17,19,20)/t6-,7+,12+/m0/s1. The fourth-order valence-electron chi connectivity index (χ4n) is 2.26. The van der Waals surface area contributed by atoms with E-state index in [0.29, 0.717) is 0 Å². The fourth-order valence-corrected chi connectivity index (χ4v) is 2.43. The lowest BCUT2D eigenvalue weighted by Crippen LogP contribution is -2.38. The lowest BCUT2D eigenvalue weighted by molar-refractivity contribution is -0.175. The molecule has 0 aliphatic heterocycles. The molecular weight excluding hydrogens is 414 g/mol. The normalized spacial score (nSPS) is 14.4. The number of rotatable bonds is 10. The van der Waals surface area contributed by atoms with Crippen molar-refractivity contribution in [2.45, 2.75) is 24.5 Å². The molecule has 0 amide bonds. The van der Waals surface area contributed by atoms with E-state index in [2.05, 4.69) is 15.0 Å². The molecule has 0 aliphatic rings. The van der Waals surface area contributed by atoms with Crippen LogP contribution in [0.25, 0.3) is 11.2 Å². The molecule has 0 unspecified atom stereocenters. The summed E-state index contributed by atoms with van der Waals surface area (Å²) in [6.07, 6.45) is 0.0330. The molecule has 29 heavy (non-hydrogen) atoms. The Bertz CT molecular complexity index is 931. The van der Waals surface area contributed by atoms with Crippen LogP contribution >= 0.6 is 11.6 Å². The van der Waals surface area contributed by atoms with Gasteiger partial charge in [-0.05, 0) is 11.6 Å². The Morgan fingerprint density at radius 2 is 2.00 bits per heavy atom. The summed E-state index contributed by atoms with van der Waals surface area (Å²) in [5, 5.41) is 37.1. The smallest absolute Gasteiger partial charge is 0.344 e. The van der Waals surface area contributed by atoms with Crippen molar-refractivity contribution < 1.29 is 39.5 Å². The number of aliphatic hydroxyl groups excluding tert-OH is 2. The summed E-state index contributed by atoms with van der Waals surface area (Å²) in [6.45, 7) is -1.36. The Hall–Kier alpha value is -3.02. The quantitative estimate of drug-likeness (QED) is 0.166. The second kappa shape index (κ2) is 9.45. The van der Waals surface area contributed by atoms with Crippen LogP contribution in [0.5, 0.6) is 0 Å². The molecule has 2 heterocycles. The zero-order valence-corrected chi connectivity index (χ0v) is 15.3. The molecule has 2 aromatic rings. The predicted molar refractivity (Wildman–Crippen MR) is 95.6 cm³/mol. The zero-order valence-electron chi connectivity index (χ0n) is 14.5. The number of carbonyl (C=O) groups is 2. The lowest BCUT2D eigenvalue weighted by Gasteiger charge is -2.26. The minimum atomic E-state index is -2.18. The summed E-state index contributed by atoms with van der Waals surface area (Å²) in [6, 6.07) is 0. The van der Waals surface area contributed by atoms with Gasteiger partial charge in [0.15, 0.2) is 23.8 Å². The van der Waals surface area contributed by atoms with Crippen LogP contribution in [0.2, 0.25) is 5.28 Å². The van der Waals surface area contributed by atoms with Gasteiger partial charge in [0.25, 0.3) is 6.10 Å². The van der Waals surface area contributed by atoms with Crippen LogP contribution in [0.3, 0.4) is 0 Å². The van der Waals surface area contributed by atoms with Gasteiger partial charge in [0.1, 0.15) is 11.6 Å². The second-order valence-electron chi connectivity index (χ2n) is 5.53. The summed E-state index contributed by atoms with van der Waals surface area (Å²) in [4.78, 5) is 33.5. The van der Waals surface area contributed by atoms with E-state index in [0.717, 1.165) is 0 Å². The second-order valence-corrected chi connectivity index (χ2v) is 5.87. The number of aliphatic carboxylic acids is 2. The number of fused-ring (bicyclic) bond motifs is 1. The highest BCUT2D eigenvalue weighted by Gasteiger charge is 2.31. The molecule has 0 saturated carbocycles. The third-order valence-electron chi connectivity index (χ3n) is 3.57. The molecule has 0 spiro atoms. The number of carboxylic acids is 2. The van der Waals surface area contributed by atoms with E-state index in [1.165, 1.54) is 10.9 Å². The fraction of sp³-hybridized carbons (Fsp3) is 0.400. The van der Waals surface area contributed by atoms with Gasteiger partial charge in [-0.15, -0.1) is 6.42 Å². The van der Waals surface area contributed by atoms with E-state index in [1.54, 1.807) is 0 Å². The molecule has 14 heteroatoms. The van der Waals surface area contributed by atoms with E-state index < -0.39 is 49.7 Å². The molecule has 0 radical (unpaired) electrons. The Morgan fingerprint density at radius 3 is 2.55 bits per heavy atom. The zero-order chi connectivity index (χ0) is 21.7. The van der Waals surface area contributed by atoms with Gasteiger partial charge < -0.3 is 35.6 Å². The maximum absolute atomic E-state index is 10.9. The Balaban J connectivity index is 2.30. The van der Waals surface area contributed by atoms with Crippen molar-refractivity contribution in [2.24, 2.45) is 0 Å². The Morgan fingerprint density at radius 1 is 1.34 bits per heavy atom. The molecule has 6 N–H and O–H groups in total. The highest BCUT2D eigenvalue weighted by molar-refractivity contribution is 6.28. The van der Waals surface area contributed by atoms with Crippen molar-refractivity contribution in [1.82, 2.24) is 19.5 Å². The average Bonchev–Trinajstić information content (AvgIpc) is 3.07. The Kier molecular flexibility index (Phi) is 7.26. The van der Waals surface area contributed by atoms with Gasteiger partial charge in [-0.2, -0.15) is 9.97 Å². The molecule has 3 atom stereocenters. The molecule has 2 rings (SSSR count). The molecule has 0 bridgehead atoms. The van der Waals surface area contributed by atoms with Gasteiger partial charge in [-0.1, -0.05) is 5.92 Å². The topological polar surface area (TPSA) is 203 Å². The lowest BCUT2D eigenvalue weighted by atomic mass is 10.3. The molecule has 0 saturated heterocycles. The number of imidazole rings is 1. The van der Waals surface area contributed by atoms with Crippen molar-refractivity contribution in [1.29, 1.82) is 0 Å². The highest BCUT2D eigenvalue weighted by Crippen LogP contribution is 2.25. The van der Waals surface area contributed by atoms with Crippen LogP contribution in [-0.2, 0) is 19.1 Å². The van der Waals surface area contributed by atoms with Gasteiger partial charge in [0.2, 0.25) is 5.28 Å². The minimum absolute atomic E-state index is 0.0412. The molecule has 156 valence electrons. The third-order valence-corrected chi connectivity index (χ3v) is 3.74. The SMILES string of the molecule is C#C[C@@H](O)[C@@H](O[C@@H](CO)COC(C(=O)O)C(=O)O)n1cnc2c(N)nc(Cl)nc21. The van der Waals surface area contributed by atoms with E-state index >= 15 is 0 Å². The predicted octanol–water partition coefficient (Wildman–Crippen LogP) is -1.51. The first-order valence-electron chi connectivity index (χ1n) is 7.82. The molecule has 0 aromatic carbocycles. The van der Waals surface area contributed by atoms with Crippen LogP contribution in [0, 0.1) is 12.3 Å². The van der Waals surface area contributed by atoms with Crippen LogP contribution in [0.1, 0.15) is 6.23 Å². The number of anilines is 1. The number of ether oxygens (including phenoxy) is 2. The minimum Gasteiger partial charge on any atom is -0.479 e. The maximum Gasteiger partial charge on any atom is 0.344 e. The number of aromatic nitrogens is 4. The molecule has 2 aromatic heterocycles. The van der Waals surface area contributed by atoms with Crippen molar-refractivity contribution in [3.63, 3.8) is 0 Å². The van der Waals surface area contributed by atoms with Gasteiger partial charge in [0, 0.05) is 0 Å². The number of terminal acetylenes is 1.